The second-order valence-electron chi connectivity index (χ2n) is 7.18. The molecule has 0 aliphatic carbocycles. The maximum atomic E-state index is 12.6. The molecule has 10 heteroatoms. The molecule has 8 nitrogen and oxygen atoms in total. The molecule has 1 aliphatic heterocycles. The second-order valence-corrected chi connectivity index (χ2v) is 9.38. The lowest BCUT2D eigenvalue weighted by molar-refractivity contribution is -0.113. The van der Waals surface area contributed by atoms with Crippen molar-refractivity contribution in [2.24, 2.45) is 0 Å². The van der Waals surface area contributed by atoms with Crippen LogP contribution in [0.25, 0.3) is 11.1 Å². The lowest BCUT2D eigenvalue weighted by Crippen LogP contribution is -2.13. The first kappa shape index (κ1) is 21.9. The standard InChI is InChI=1S/C24H18N4O4S2/c29-21(25-18-10-11-19-20(12-18)32-14-31-19)13-33-24-28-27-23(34-24)26-22(30)17-8-6-16(7-9-17)15-4-2-1-3-5-15/h1-12H,13-14H2,(H,25,29)(H,26,27,30). The highest BCUT2D eigenvalue weighted by Gasteiger charge is 2.15. The van der Waals surface area contributed by atoms with Crippen LogP contribution in [-0.4, -0.2) is 34.6 Å². The first-order valence-electron chi connectivity index (χ1n) is 10.3. The maximum absolute atomic E-state index is 12.6. The van der Waals surface area contributed by atoms with E-state index in [1.54, 1.807) is 30.3 Å². The summed E-state index contributed by atoms with van der Waals surface area (Å²) in [7, 11) is 0. The number of benzene rings is 3. The third-order valence-electron chi connectivity index (χ3n) is 4.86. The van der Waals surface area contributed by atoms with Gasteiger partial charge >= 0.3 is 0 Å². The molecule has 5 rings (SSSR count). The third kappa shape index (κ3) is 5.19. The molecule has 34 heavy (non-hydrogen) atoms. The number of aromatic nitrogens is 2. The highest BCUT2D eigenvalue weighted by atomic mass is 32.2. The molecule has 0 fully saturated rings. The number of fused-ring (bicyclic) bond motifs is 1. The summed E-state index contributed by atoms with van der Waals surface area (Å²) in [6.45, 7) is 0.178. The first-order chi connectivity index (χ1) is 16.6. The molecule has 0 spiro atoms. The Labute approximate surface area is 203 Å². The van der Waals surface area contributed by atoms with E-state index in [0.29, 0.717) is 32.2 Å². The van der Waals surface area contributed by atoms with Crippen molar-refractivity contribution in [3.63, 3.8) is 0 Å². The zero-order valence-corrected chi connectivity index (χ0v) is 19.3. The van der Waals surface area contributed by atoms with Crippen molar-refractivity contribution in [2.45, 2.75) is 4.34 Å². The molecule has 4 aromatic rings. The van der Waals surface area contributed by atoms with Gasteiger partial charge in [-0.3, -0.25) is 14.9 Å². The quantitative estimate of drug-likeness (QED) is 0.280. The summed E-state index contributed by atoms with van der Waals surface area (Å²) in [4.78, 5) is 24.8. The Balaban J connectivity index is 1.13. The summed E-state index contributed by atoms with van der Waals surface area (Å²) in [6, 6.07) is 22.5. The van der Waals surface area contributed by atoms with Gasteiger partial charge in [0.2, 0.25) is 17.8 Å². The highest BCUT2D eigenvalue weighted by Crippen LogP contribution is 2.34. The molecular formula is C24H18N4O4S2. The lowest BCUT2D eigenvalue weighted by atomic mass is 10.0. The van der Waals surface area contributed by atoms with Crippen molar-refractivity contribution in [3.05, 3.63) is 78.4 Å². The number of nitrogens with zero attached hydrogens (tertiary/aromatic N) is 2. The summed E-state index contributed by atoms with van der Waals surface area (Å²) in [5.41, 5.74) is 3.26. The number of nitrogens with one attached hydrogen (secondary N) is 2. The van der Waals surface area contributed by atoms with Gasteiger partial charge in [0.25, 0.3) is 5.91 Å². The molecule has 170 valence electrons. The fourth-order valence-electron chi connectivity index (χ4n) is 3.23. The van der Waals surface area contributed by atoms with Crippen molar-refractivity contribution in [2.75, 3.05) is 23.2 Å². The average molecular weight is 491 g/mol. The number of ether oxygens (including phenoxy) is 2. The SMILES string of the molecule is O=C(CSc1nnc(NC(=O)c2ccc(-c3ccccc3)cc2)s1)Nc1ccc2c(c1)OCO2. The third-order valence-corrected chi connectivity index (χ3v) is 6.84. The number of amides is 2. The highest BCUT2D eigenvalue weighted by molar-refractivity contribution is 8.01. The van der Waals surface area contributed by atoms with Crippen LogP contribution >= 0.6 is 23.1 Å². The number of hydrogen-bond acceptors (Lipinski definition) is 8. The summed E-state index contributed by atoms with van der Waals surface area (Å²) < 4.78 is 11.2. The number of carbonyl (C=O) groups is 2. The van der Waals surface area contributed by atoms with Crippen LogP contribution < -0.4 is 20.1 Å². The van der Waals surface area contributed by atoms with Gasteiger partial charge in [-0.1, -0.05) is 65.6 Å². The lowest BCUT2D eigenvalue weighted by Gasteiger charge is -2.05. The molecule has 0 bridgehead atoms. The van der Waals surface area contributed by atoms with E-state index in [4.69, 9.17) is 9.47 Å². The summed E-state index contributed by atoms with van der Waals surface area (Å²) in [5.74, 6) is 0.946. The number of hydrogen-bond donors (Lipinski definition) is 2. The minimum atomic E-state index is -0.270. The van der Waals surface area contributed by atoms with Crippen molar-refractivity contribution in [3.8, 4) is 22.6 Å². The largest absolute Gasteiger partial charge is 0.454 e. The van der Waals surface area contributed by atoms with Crippen LogP contribution in [0.5, 0.6) is 11.5 Å². The van der Waals surface area contributed by atoms with Crippen LogP contribution in [0.15, 0.2) is 77.1 Å². The van der Waals surface area contributed by atoms with Crippen molar-refractivity contribution in [1.82, 2.24) is 10.2 Å². The van der Waals surface area contributed by atoms with Crippen molar-refractivity contribution < 1.29 is 19.1 Å². The average Bonchev–Trinajstić information content (AvgIpc) is 3.52. The van der Waals surface area contributed by atoms with Gasteiger partial charge in [-0.15, -0.1) is 10.2 Å². The van der Waals surface area contributed by atoms with Crippen LogP contribution in [0.1, 0.15) is 10.4 Å². The minimum absolute atomic E-state index is 0.151. The summed E-state index contributed by atoms with van der Waals surface area (Å²) in [6.07, 6.45) is 0. The van der Waals surface area contributed by atoms with Gasteiger partial charge in [0, 0.05) is 17.3 Å². The molecule has 0 atom stereocenters. The Hall–Kier alpha value is -3.89. The Morgan fingerprint density at radius 1 is 0.882 bits per heavy atom. The molecule has 0 radical (unpaired) electrons. The van der Waals surface area contributed by atoms with E-state index in [9.17, 15) is 9.59 Å². The van der Waals surface area contributed by atoms with Gasteiger partial charge < -0.3 is 14.8 Å². The Kier molecular flexibility index (Phi) is 6.41. The van der Waals surface area contributed by atoms with E-state index in [1.165, 1.54) is 23.1 Å². The second kappa shape index (κ2) is 9.94. The van der Waals surface area contributed by atoms with Gasteiger partial charge in [-0.2, -0.15) is 0 Å². The summed E-state index contributed by atoms with van der Waals surface area (Å²) in [5, 5.41) is 14.0. The van der Waals surface area contributed by atoms with E-state index in [2.05, 4.69) is 20.8 Å². The normalized spacial score (nSPS) is 11.8. The van der Waals surface area contributed by atoms with Crippen LogP contribution in [0.3, 0.4) is 0 Å². The fraction of sp³-hybridized carbons (Fsp3) is 0.0833. The molecule has 3 aromatic carbocycles. The van der Waals surface area contributed by atoms with Gasteiger partial charge in [-0.25, -0.2) is 0 Å². The molecule has 0 saturated heterocycles. The topological polar surface area (TPSA) is 102 Å². The number of carbonyl (C=O) groups excluding carboxylic acids is 2. The van der Waals surface area contributed by atoms with E-state index < -0.39 is 0 Å². The molecule has 0 unspecified atom stereocenters. The zero-order valence-electron chi connectivity index (χ0n) is 17.7. The van der Waals surface area contributed by atoms with E-state index in [0.717, 1.165) is 11.1 Å². The molecule has 2 N–H and O–H groups in total. The van der Waals surface area contributed by atoms with Crippen LogP contribution in [0.2, 0.25) is 0 Å². The molecule has 1 aliphatic rings. The first-order valence-corrected chi connectivity index (χ1v) is 12.1. The minimum Gasteiger partial charge on any atom is -0.454 e. The Morgan fingerprint density at radius 3 is 2.47 bits per heavy atom. The molecule has 0 saturated carbocycles. The maximum Gasteiger partial charge on any atom is 0.257 e. The smallest absolute Gasteiger partial charge is 0.257 e. The van der Waals surface area contributed by atoms with Crippen molar-refractivity contribution in [1.29, 1.82) is 0 Å². The monoisotopic (exact) mass is 490 g/mol. The van der Waals surface area contributed by atoms with Gasteiger partial charge in [-0.05, 0) is 35.4 Å². The zero-order chi connectivity index (χ0) is 23.3. The molecule has 2 amide bonds. The number of rotatable bonds is 7. The van der Waals surface area contributed by atoms with Gasteiger partial charge in [0.15, 0.2) is 15.8 Å². The van der Waals surface area contributed by atoms with Crippen LogP contribution in [-0.2, 0) is 4.79 Å². The van der Waals surface area contributed by atoms with Crippen LogP contribution in [0.4, 0.5) is 10.8 Å². The van der Waals surface area contributed by atoms with Gasteiger partial charge in [0.05, 0.1) is 5.75 Å². The predicted octanol–water partition coefficient (Wildman–Crippen LogP) is 4.92. The Bertz CT molecular complexity index is 1330. The van der Waals surface area contributed by atoms with E-state index >= 15 is 0 Å². The molecular weight excluding hydrogens is 472 g/mol. The van der Waals surface area contributed by atoms with Crippen LogP contribution in [0, 0.1) is 0 Å². The summed E-state index contributed by atoms with van der Waals surface area (Å²) >= 11 is 2.45. The Morgan fingerprint density at radius 2 is 1.65 bits per heavy atom. The van der Waals surface area contributed by atoms with Crippen molar-refractivity contribution >= 4 is 45.7 Å². The fourth-order valence-corrected chi connectivity index (χ4v) is 4.78. The molecule has 1 aromatic heterocycles. The van der Waals surface area contributed by atoms with Gasteiger partial charge in [0.1, 0.15) is 0 Å². The van der Waals surface area contributed by atoms with E-state index in [-0.39, 0.29) is 24.4 Å². The number of anilines is 2. The predicted molar refractivity (Wildman–Crippen MR) is 132 cm³/mol. The molecule has 2 heterocycles. The number of thioether (sulfide) groups is 1. The van der Waals surface area contributed by atoms with E-state index in [1.807, 2.05) is 42.5 Å².